The van der Waals surface area contributed by atoms with Crippen molar-refractivity contribution in [2.45, 2.75) is 13.8 Å². The number of fused-ring (bicyclic) bond motifs is 1. The predicted octanol–water partition coefficient (Wildman–Crippen LogP) is 2.18. The van der Waals surface area contributed by atoms with Crippen LogP contribution in [0.15, 0.2) is 24.3 Å². The van der Waals surface area contributed by atoms with Gasteiger partial charge in [-0.1, -0.05) is 12.1 Å². The number of nitrogens with zero attached hydrogens (tertiary/aromatic N) is 2. The first-order chi connectivity index (χ1) is 9.67. The lowest BCUT2D eigenvalue weighted by Gasteiger charge is -2.09. The van der Waals surface area contributed by atoms with Gasteiger partial charge in [-0.2, -0.15) is 0 Å². The van der Waals surface area contributed by atoms with Crippen LogP contribution in [0.2, 0.25) is 0 Å². The molecule has 0 spiro atoms. The molecule has 0 bridgehead atoms. The number of anilines is 1. The summed E-state index contributed by atoms with van der Waals surface area (Å²) in [7, 11) is 0. The Morgan fingerprint density at radius 2 is 2.05 bits per heavy atom. The van der Waals surface area contributed by atoms with Gasteiger partial charge in [-0.25, -0.2) is 19.1 Å². The maximum Gasteiger partial charge on any atom is 0.413 e. The number of aromatic nitrogens is 2. The average Bonchev–Trinajstić information content (AvgIpc) is 2.76. The van der Waals surface area contributed by atoms with Crippen LogP contribution in [0, 0.1) is 0 Å². The lowest BCUT2D eigenvalue weighted by Crippen LogP contribution is -2.30. The Hall–Kier alpha value is -2.57. The van der Waals surface area contributed by atoms with E-state index in [0.717, 1.165) is 0 Å². The van der Waals surface area contributed by atoms with E-state index in [1.165, 1.54) is 4.57 Å². The smallest absolute Gasteiger partial charge is 0.413 e. The summed E-state index contributed by atoms with van der Waals surface area (Å²) in [6.45, 7) is 4.24. The molecule has 2 amide bonds. The van der Waals surface area contributed by atoms with E-state index in [1.807, 2.05) is 13.0 Å². The average molecular weight is 276 g/mol. The third-order valence-electron chi connectivity index (χ3n) is 2.58. The van der Waals surface area contributed by atoms with Gasteiger partial charge in [-0.3, -0.25) is 5.32 Å². The van der Waals surface area contributed by atoms with Crippen molar-refractivity contribution in [3.8, 4) is 0 Å². The Labute approximate surface area is 115 Å². The van der Waals surface area contributed by atoms with Crippen LogP contribution in [0.3, 0.4) is 0 Å². The molecule has 0 saturated heterocycles. The SMILES string of the molecule is CCNC(=O)n1c(NC(=O)OCC)nc2ccccc21. The van der Waals surface area contributed by atoms with E-state index in [4.69, 9.17) is 4.74 Å². The van der Waals surface area contributed by atoms with Gasteiger partial charge in [0.2, 0.25) is 5.95 Å². The number of carbonyl (C=O) groups excluding carboxylic acids is 2. The lowest BCUT2D eigenvalue weighted by molar-refractivity contribution is 0.167. The van der Waals surface area contributed by atoms with Crippen LogP contribution in [-0.2, 0) is 4.74 Å². The molecule has 7 nitrogen and oxygen atoms in total. The van der Waals surface area contributed by atoms with Crippen LogP contribution in [-0.4, -0.2) is 34.8 Å². The highest BCUT2D eigenvalue weighted by atomic mass is 16.5. The Morgan fingerprint density at radius 3 is 2.75 bits per heavy atom. The van der Waals surface area contributed by atoms with Crippen molar-refractivity contribution in [2.24, 2.45) is 0 Å². The molecule has 2 N–H and O–H groups in total. The first-order valence-electron chi connectivity index (χ1n) is 6.36. The largest absolute Gasteiger partial charge is 0.450 e. The number of hydrogen-bond acceptors (Lipinski definition) is 4. The second-order valence-corrected chi connectivity index (χ2v) is 3.94. The summed E-state index contributed by atoms with van der Waals surface area (Å²) in [5, 5.41) is 5.15. The second kappa shape index (κ2) is 6.05. The van der Waals surface area contributed by atoms with E-state index >= 15 is 0 Å². The number of amides is 2. The summed E-state index contributed by atoms with van der Waals surface area (Å²) in [6.07, 6.45) is -0.645. The third-order valence-corrected chi connectivity index (χ3v) is 2.58. The lowest BCUT2D eigenvalue weighted by atomic mass is 10.3. The molecular weight excluding hydrogens is 260 g/mol. The standard InChI is InChI=1S/C13H16N4O3/c1-3-14-12(18)17-10-8-6-5-7-9(10)15-11(17)16-13(19)20-4-2/h5-8H,3-4H2,1-2H3,(H,14,18)(H,15,16,19). The Kier molecular flexibility index (Phi) is 4.19. The molecular formula is C13H16N4O3. The van der Waals surface area contributed by atoms with Crippen molar-refractivity contribution in [3.63, 3.8) is 0 Å². The molecule has 0 unspecified atom stereocenters. The Morgan fingerprint density at radius 1 is 1.30 bits per heavy atom. The minimum Gasteiger partial charge on any atom is -0.450 e. The van der Waals surface area contributed by atoms with Gasteiger partial charge in [0.1, 0.15) is 0 Å². The molecule has 106 valence electrons. The van der Waals surface area contributed by atoms with Crippen molar-refractivity contribution in [1.82, 2.24) is 14.9 Å². The second-order valence-electron chi connectivity index (χ2n) is 3.94. The Balaban J connectivity index is 2.44. The van der Waals surface area contributed by atoms with Gasteiger partial charge in [-0.15, -0.1) is 0 Å². The number of rotatable bonds is 3. The molecule has 1 heterocycles. The van der Waals surface area contributed by atoms with Crippen molar-refractivity contribution in [2.75, 3.05) is 18.5 Å². The predicted molar refractivity (Wildman–Crippen MR) is 74.8 cm³/mol. The molecule has 0 saturated carbocycles. The van der Waals surface area contributed by atoms with Gasteiger partial charge in [0.25, 0.3) is 0 Å². The van der Waals surface area contributed by atoms with E-state index in [2.05, 4.69) is 15.6 Å². The molecule has 0 aliphatic heterocycles. The molecule has 0 atom stereocenters. The normalized spacial score (nSPS) is 10.3. The van der Waals surface area contributed by atoms with Crippen molar-refractivity contribution < 1.29 is 14.3 Å². The summed E-state index contributed by atoms with van der Waals surface area (Å²) in [4.78, 5) is 27.8. The quantitative estimate of drug-likeness (QED) is 0.899. The van der Waals surface area contributed by atoms with Crippen molar-refractivity contribution >= 4 is 29.1 Å². The van der Waals surface area contributed by atoms with Crippen LogP contribution in [0.1, 0.15) is 13.8 Å². The molecule has 1 aromatic carbocycles. The van der Waals surface area contributed by atoms with E-state index < -0.39 is 6.09 Å². The van der Waals surface area contributed by atoms with Crippen LogP contribution in [0.4, 0.5) is 15.5 Å². The number of nitrogens with one attached hydrogen (secondary N) is 2. The highest BCUT2D eigenvalue weighted by Crippen LogP contribution is 2.19. The number of hydrogen-bond donors (Lipinski definition) is 2. The van der Waals surface area contributed by atoms with E-state index in [0.29, 0.717) is 17.6 Å². The number of ether oxygens (including phenoxy) is 1. The van der Waals surface area contributed by atoms with E-state index in [-0.39, 0.29) is 18.6 Å². The number of para-hydroxylation sites is 2. The highest BCUT2D eigenvalue weighted by molar-refractivity contribution is 5.96. The monoisotopic (exact) mass is 276 g/mol. The molecule has 2 aromatic rings. The molecule has 0 aliphatic carbocycles. The van der Waals surface area contributed by atoms with Crippen LogP contribution >= 0.6 is 0 Å². The first kappa shape index (κ1) is 13.9. The minimum absolute atomic E-state index is 0.135. The number of carbonyl (C=O) groups is 2. The fourth-order valence-electron chi connectivity index (χ4n) is 1.80. The summed E-state index contributed by atoms with van der Waals surface area (Å²) >= 11 is 0. The van der Waals surface area contributed by atoms with Gasteiger partial charge in [0.05, 0.1) is 17.6 Å². The van der Waals surface area contributed by atoms with Crippen molar-refractivity contribution in [3.05, 3.63) is 24.3 Å². The molecule has 0 fully saturated rings. The van der Waals surface area contributed by atoms with Gasteiger partial charge < -0.3 is 10.1 Å². The van der Waals surface area contributed by atoms with Crippen LogP contribution in [0.5, 0.6) is 0 Å². The van der Waals surface area contributed by atoms with E-state index in [9.17, 15) is 9.59 Å². The van der Waals surface area contributed by atoms with Crippen LogP contribution < -0.4 is 10.6 Å². The topological polar surface area (TPSA) is 85.2 Å². The van der Waals surface area contributed by atoms with Gasteiger partial charge in [0.15, 0.2) is 0 Å². The highest BCUT2D eigenvalue weighted by Gasteiger charge is 2.18. The van der Waals surface area contributed by atoms with Gasteiger partial charge >= 0.3 is 12.1 Å². The maximum absolute atomic E-state index is 12.1. The van der Waals surface area contributed by atoms with E-state index in [1.54, 1.807) is 25.1 Å². The van der Waals surface area contributed by atoms with Crippen molar-refractivity contribution in [1.29, 1.82) is 0 Å². The first-order valence-corrected chi connectivity index (χ1v) is 6.36. The fraction of sp³-hybridized carbons (Fsp3) is 0.308. The molecule has 1 aromatic heterocycles. The van der Waals surface area contributed by atoms with Gasteiger partial charge in [0, 0.05) is 6.54 Å². The molecule has 0 radical (unpaired) electrons. The fourth-order valence-corrected chi connectivity index (χ4v) is 1.80. The van der Waals surface area contributed by atoms with Gasteiger partial charge in [-0.05, 0) is 26.0 Å². The zero-order valence-corrected chi connectivity index (χ0v) is 11.3. The number of imidazole rings is 1. The molecule has 20 heavy (non-hydrogen) atoms. The minimum atomic E-state index is -0.645. The molecule has 0 aliphatic rings. The summed E-state index contributed by atoms with van der Waals surface area (Å²) in [5.74, 6) is 0.135. The van der Waals surface area contributed by atoms with Crippen LogP contribution in [0.25, 0.3) is 11.0 Å². The molecule has 2 rings (SSSR count). The summed E-state index contributed by atoms with van der Waals surface area (Å²) in [6, 6.07) is 6.78. The summed E-state index contributed by atoms with van der Waals surface area (Å²) in [5.41, 5.74) is 1.23. The maximum atomic E-state index is 12.1. The molecule has 7 heteroatoms. The number of benzene rings is 1. The summed E-state index contributed by atoms with van der Waals surface area (Å²) < 4.78 is 6.12. The Bertz CT molecular complexity index is 636. The third kappa shape index (κ3) is 2.71. The zero-order valence-electron chi connectivity index (χ0n) is 11.3. The zero-order chi connectivity index (χ0) is 14.5.